The first-order chi connectivity index (χ1) is 15.1. The molecule has 1 amide bonds. The third-order valence-corrected chi connectivity index (χ3v) is 8.52. The van der Waals surface area contributed by atoms with Crippen LogP contribution in [0.1, 0.15) is 44.7 Å². The Hall–Kier alpha value is -2.10. The zero-order valence-electron chi connectivity index (χ0n) is 18.9. The smallest absolute Gasteiger partial charge is 0.346 e. The molecule has 0 spiro atoms. The zero-order chi connectivity index (χ0) is 23.8. The fraction of sp³-hybridized carbons (Fsp3) is 0.391. The van der Waals surface area contributed by atoms with Crippen molar-refractivity contribution in [3.63, 3.8) is 0 Å². The molecule has 170 valence electrons. The Labute approximate surface area is 201 Å². The summed E-state index contributed by atoms with van der Waals surface area (Å²) in [6, 6.07) is 5.88. The Bertz CT molecular complexity index is 1060. The first-order valence-electron chi connectivity index (χ1n) is 10.1. The molecule has 2 aliphatic rings. The number of aryl methyl sites for hydroxylation is 1. The monoisotopic (exact) mass is 491 g/mol. The second kappa shape index (κ2) is 9.41. The first-order valence-corrected chi connectivity index (χ1v) is 12.1. The molecule has 0 aromatic heterocycles. The number of rotatable bonds is 4. The van der Waals surface area contributed by atoms with Gasteiger partial charge in [0.1, 0.15) is 9.81 Å². The maximum absolute atomic E-state index is 13.1. The van der Waals surface area contributed by atoms with Gasteiger partial charge in [-0.1, -0.05) is 54.3 Å². The Kier molecular flexibility index (Phi) is 7.21. The summed E-state index contributed by atoms with van der Waals surface area (Å²) in [4.78, 5) is 40.5. The maximum Gasteiger partial charge on any atom is 0.346 e. The van der Waals surface area contributed by atoms with Crippen LogP contribution >= 0.6 is 35.7 Å². The third kappa shape index (κ3) is 4.13. The molecule has 1 aromatic carbocycles. The number of thioether (sulfide) groups is 2. The average molecular weight is 492 g/mol. The number of ether oxygens (including phenoxy) is 2. The summed E-state index contributed by atoms with van der Waals surface area (Å²) in [5.74, 6) is -1.21. The van der Waals surface area contributed by atoms with Crippen molar-refractivity contribution in [3.05, 3.63) is 43.4 Å². The minimum absolute atomic E-state index is 0.00403. The van der Waals surface area contributed by atoms with Gasteiger partial charge in [0.15, 0.2) is 0 Å². The van der Waals surface area contributed by atoms with E-state index in [0.29, 0.717) is 15.5 Å². The predicted molar refractivity (Wildman–Crippen MR) is 133 cm³/mol. The highest BCUT2D eigenvalue weighted by Crippen LogP contribution is 2.56. The maximum atomic E-state index is 13.1. The van der Waals surface area contributed by atoms with Gasteiger partial charge in [0, 0.05) is 17.6 Å². The number of nitrogens with zero attached hydrogens (tertiary/aromatic N) is 1. The van der Waals surface area contributed by atoms with Crippen molar-refractivity contribution in [3.8, 4) is 0 Å². The molecule has 0 fully saturated rings. The number of esters is 2. The minimum atomic E-state index is -0.771. The zero-order valence-corrected chi connectivity index (χ0v) is 21.3. The predicted octanol–water partition coefficient (Wildman–Crippen LogP) is 5.00. The van der Waals surface area contributed by atoms with Crippen LogP contribution in [0.5, 0.6) is 0 Å². The topological polar surface area (TPSA) is 72.9 Å². The van der Waals surface area contributed by atoms with Gasteiger partial charge in [-0.05, 0) is 39.3 Å². The van der Waals surface area contributed by atoms with Gasteiger partial charge < -0.3 is 14.4 Å². The van der Waals surface area contributed by atoms with E-state index in [9.17, 15) is 14.4 Å². The molecule has 0 unspecified atom stereocenters. The molecule has 0 bridgehead atoms. The summed E-state index contributed by atoms with van der Waals surface area (Å²) >= 11 is 8.24. The van der Waals surface area contributed by atoms with Gasteiger partial charge in [-0.2, -0.15) is 0 Å². The number of amides is 1. The number of anilines is 1. The lowest BCUT2D eigenvalue weighted by Crippen LogP contribution is -2.55. The van der Waals surface area contributed by atoms with Crippen LogP contribution in [0.4, 0.5) is 5.69 Å². The van der Waals surface area contributed by atoms with Crippen molar-refractivity contribution in [2.24, 2.45) is 0 Å². The normalized spacial score (nSPS) is 17.4. The summed E-state index contributed by atoms with van der Waals surface area (Å²) in [5, 5.41) is 0. The van der Waals surface area contributed by atoms with Crippen LogP contribution in [0.25, 0.3) is 5.57 Å². The second-order valence-electron chi connectivity index (χ2n) is 7.90. The van der Waals surface area contributed by atoms with Crippen molar-refractivity contribution in [1.82, 2.24) is 0 Å². The van der Waals surface area contributed by atoms with Gasteiger partial charge in [0.2, 0.25) is 5.91 Å². The molecule has 3 rings (SSSR count). The Morgan fingerprint density at radius 1 is 1.06 bits per heavy atom. The number of thiocarbonyl (C=S) groups is 1. The van der Waals surface area contributed by atoms with E-state index in [0.717, 1.165) is 52.3 Å². The highest BCUT2D eigenvalue weighted by atomic mass is 32.2. The molecule has 0 radical (unpaired) electrons. The van der Waals surface area contributed by atoms with Gasteiger partial charge in [-0.25, -0.2) is 9.59 Å². The Morgan fingerprint density at radius 3 is 2.12 bits per heavy atom. The van der Waals surface area contributed by atoms with Crippen LogP contribution in [-0.2, 0) is 23.9 Å². The van der Waals surface area contributed by atoms with Crippen LogP contribution < -0.4 is 4.90 Å². The lowest BCUT2D eigenvalue weighted by molar-refractivity contribution is -0.138. The number of methoxy groups -OCH3 is 2. The van der Waals surface area contributed by atoms with Crippen molar-refractivity contribution in [2.75, 3.05) is 19.1 Å². The van der Waals surface area contributed by atoms with Gasteiger partial charge in [0.25, 0.3) is 0 Å². The number of fused-ring (bicyclic) bond motifs is 1. The van der Waals surface area contributed by atoms with Crippen LogP contribution in [0.2, 0.25) is 0 Å². The molecular formula is C23H25NO5S3. The first kappa shape index (κ1) is 24.5. The van der Waals surface area contributed by atoms with Crippen molar-refractivity contribution in [2.45, 2.75) is 46.1 Å². The van der Waals surface area contributed by atoms with Crippen LogP contribution in [-0.4, -0.2) is 42.5 Å². The van der Waals surface area contributed by atoms with Gasteiger partial charge in [-0.15, -0.1) is 0 Å². The van der Waals surface area contributed by atoms with Crippen LogP contribution in [0, 0.1) is 6.92 Å². The van der Waals surface area contributed by atoms with Gasteiger partial charge in [-0.3, -0.25) is 4.79 Å². The van der Waals surface area contributed by atoms with E-state index < -0.39 is 17.5 Å². The van der Waals surface area contributed by atoms with Gasteiger partial charge >= 0.3 is 11.9 Å². The van der Waals surface area contributed by atoms with Crippen LogP contribution in [0.15, 0.2) is 32.2 Å². The standard InChI is InChI=1S/C23H25NO5S3/c1-7-8-15(25)24-14-10-9-12(2)11-13(14)16(19(30)23(24,3)4)22-31-17(20(26)28-5)18(32-22)21(27)29-6/h9-11H,7-8H2,1-6H3. The second-order valence-corrected chi connectivity index (χ2v) is 10.6. The average Bonchev–Trinajstić information content (AvgIpc) is 3.18. The van der Waals surface area contributed by atoms with Crippen molar-refractivity contribution < 1.29 is 23.9 Å². The number of carbonyl (C=O) groups excluding carboxylic acids is 3. The lowest BCUT2D eigenvalue weighted by Gasteiger charge is -2.45. The molecule has 0 saturated carbocycles. The number of benzene rings is 1. The van der Waals surface area contributed by atoms with E-state index >= 15 is 0 Å². The molecule has 2 aliphatic heterocycles. The lowest BCUT2D eigenvalue weighted by atomic mass is 9.82. The number of hydrogen-bond acceptors (Lipinski definition) is 8. The largest absolute Gasteiger partial charge is 0.465 e. The van der Waals surface area contributed by atoms with E-state index in [-0.39, 0.29) is 15.7 Å². The molecule has 9 heteroatoms. The van der Waals surface area contributed by atoms with E-state index in [4.69, 9.17) is 21.7 Å². The summed E-state index contributed by atoms with van der Waals surface area (Å²) in [6.07, 6.45) is 1.14. The van der Waals surface area contributed by atoms with Crippen LogP contribution in [0.3, 0.4) is 0 Å². The molecule has 0 atom stereocenters. The minimum Gasteiger partial charge on any atom is -0.465 e. The summed E-state index contributed by atoms with van der Waals surface area (Å²) in [7, 11) is 2.54. The molecule has 2 heterocycles. The van der Waals surface area contributed by atoms with E-state index in [1.165, 1.54) is 14.2 Å². The fourth-order valence-corrected chi connectivity index (χ4v) is 6.74. The van der Waals surface area contributed by atoms with Crippen molar-refractivity contribution >= 4 is 69.7 Å². The number of carbonyl (C=O) groups is 3. The van der Waals surface area contributed by atoms with E-state index in [1.807, 2.05) is 45.9 Å². The quantitative estimate of drug-likeness (QED) is 0.331. The van der Waals surface area contributed by atoms with Gasteiger partial charge in [0.05, 0.1) is 34.5 Å². The summed E-state index contributed by atoms with van der Waals surface area (Å²) < 4.78 is 10.5. The summed E-state index contributed by atoms with van der Waals surface area (Å²) in [5.41, 5.74) is 2.56. The fourth-order valence-electron chi connectivity index (χ4n) is 3.71. The SMILES string of the molecule is CCCC(=O)N1c2ccc(C)cc2C(=C2SC(C(=O)OC)=C(C(=O)OC)S2)C(=S)C1(C)C. The molecule has 6 nitrogen and oxygen atoms in total. The molecule has 0 aliphatic carbocycles. The van der Waals surface area contributed by atoms with Crippen molar-refractivity contribution in [1.29, 1.82) is 0 Å². The highest BCUT2D eigenvalue weighted by molar-refractivity contribution is 8.29. The Balaban J connectivity index is 2.24. The molecule has 32 heavy (non-hydrogen) atoms. The number of hydrogen-bond donors (Lipinski definition) is 0. The Morgan fingerprint density at radius 2 is 1.62 bits per heavy atom. The highest BCUT2D eigenvalue weighted by Gasteiger charge is 2.45. The van der Waals surface area contributed by atoms with E-state index in [1.54, 1.807) is 4.90 Å². The molecule has 0 N–H and O–H groups in total. The third-order valence-electron chi connectivity index (χ3n) is 5.26. The molecular weight excluding hydrogens is 466 g/mol. The molecule has 1 aromatic rings. The summed E-state index contributed by atoms with van der Waals surface area (Å²) in [6.45, 7) is 7.78. The van der Waals surface area contributed by atoms with E-state index in [2.05, 4.69) is 0 Å². The molecule has 0 saturated heterocycles.